The molecule has 0 aromatic heterocycles. The molecule has 3 amide bonds. The van der Waals surface area contributed by atoms with Crippen molar-refractivity contribution in [3.8, 4) is 0 Å². The van der Waals surface area contributed by atoms with Crippen molar-refractivity contribution in [2.75, 3.05) is 25.0 Å². The quantitative estimate of drug-likeness (QED) is 0.790. The van der Waals surface area contributed by atoms with E-state index in [2.05, 4.69) is 15.1 Å². The standard InChI is InChI=1S/C22H23ClFN5O2/c1-26-19-18(20(30)29(22(26)31)13-14-3-7-16(24)8-4-14)28-12-2-11-27(21(28)25-19)17-9-5-15(23)6-10-17/h3-10,18-19,21,25H,2,11-13H2,1H3. The Morgan fingerprint density at radius 2 is 1.77 bits per heavy atom. The number of urea groups is 1. The van der Waals surface area contributed by atoms with Crippen molar-refractivity contribution in [3.63, 3.8) is 0 Å². The molecule has 1 N–H and O–H groups in total. The van der Waals surface area contributed by atoms with Gasteiger partial charge in [0.25, 0.3) is 5.91 Å². The van der Waals surface area contributed by atoms with Crippen molar-refractivity contribution >= 4 is 29.2 Å². The molecule has 0 radical (unpaired) electrons. The number of halogens is 2. The van der Waals surface area contributed by atoms with Crippen LogP contribution in [0.4, 0.5) is 14.9 Å². The normalized spacial score (nSPS) is 26.3. The minimum atomic E-state index is -0.483. The Kier molecular flexibility index (Phi) is 5.08. The van der Waals surface area contributed by atoms with E-state index in [0.29, 0.717) is 10.6 Å². The number of rotatable bonds is 3. The second-order valence-electron chi connectivity index (χ2n) is 8.14. The largest absolute Gasteiger partial charge is 0.343 e. The van der Waals surface area contributed by atoms with Gasteiger partial charge in [0.05, 0.1) is 6.54 Å². The topological polar surface area (TPSA) is 59.1 Å². The maximum atomic E-state index is 13.5. The smallest absolute Gasteiger partial charge is 0.328 e. The predicted molar refractivity (Wildman–Crippen MR) is 115 cm³/mol. The summed E-state index contributed by atoms with van der Waals surface area (Å²) < 4.78 is 13.3. The van der Waals surface area contributed by atoms with Crippen molar-refractivity contribution in [3.05, 3.63) is 64.9 Å². The third-order valence-electron chi connectivity index (χ3n) is 6.28. The summed E-state index contributed by atoms with van der Waals surface area (Å²) in [5.41, 5.74) is 1.72. The molecule has 2 aromatic rings. The zero-order valence-electron chi connectivity index (χ0n) is 17.0. The van der Waals surface area contributed by atoms with Gasteiger partial charge >= 0.3 is 6.03 Å². The Bertz CT molecular complexity index is 1000. The maximum Gasteiger partial charge on any atom is 0.328 e. The van der Waals surface area contributed by atoms with Crippen LogP contribution >= 0.6 is 11.6 Å². The molecule has 3 fully saturated rings. The number of anilines is 1. The number of hydrogen-bond acceptors (Lipinski definition) is 5. The van der Waals surface area contributed by atoms with Gasteiger partial charge in [0.2, 0.25) is 0 Å². The number of carbonyl (C=O) groups is 2. The molecular weight excluding hydrogens is 421 g/mol. The molecule has 3 unspecified atom stereocenters. The Balaban J connectivity index is 1.42. The molecule has 0 spiro atoms. The number of carbonyl (C=O) groups excluding carboxylic acids is 2. The van der Waals surface area contributed by atoms with Gasteiger partial charge in [0.15, 0.2) is 0 Å². The molecule has 3 heterocycles. The van der Waals surface area contributed by atoms with E-state index in [1.165, 1.54) is 17.0 Å². The number of nitrogens with one attached hydrogen (secondary N) is 1. The number of likely N-dealkylation sites (N-methyl/N-ethyl adjacent to an activating group) is 1. The number of benzene rings is 2. The van der Waals surface area contributed by atoms with Gasteiger partial charge in [-0.3, -0.25) is 19.9 Å². The Morgan fingerprint density at radius 3 is 2.48 bits per heavy atom. The van der Waals surface area contributed by atoms with Gasteiger partial charge < -0.3 is 9.80 Å². The summed E-state index contributed by atoms with van der Waals surface area (Å²) in [6.07, 6.45) is 0.282. The van der Waals surface area contributed by atoms with Crippen LogP contribution in [-0.2, 0) is 11.3 Å². The molecule has 3 saturated heterocycles. The van der Waals surface area contributed by atoms with E-state index in [0.717, 1.165) is 25.2 Å². The highest BCUT2D eigenvalue weighted by Crippen LogP contribution is 2.33. The SMILES string of the molecule is CN1C(=O)N(Cc2ccc(F)cc2)C(=O)C2C1NC1N(c3ccc(Cl)cc3)CCCN21. The summed E-state index contributed by atoms with van der Waals surface area (Å²) in [7, 11) is 1.71. The van der Waals surface area contributed by atoms with Crippen molar-refractivity contribution in [1.82, 2.24) is 20.0 Å². The van der Waals surface area contributed by atoms with Gasteiger partial charge in [-0.15, -0.1) is 0 Å². The molecule has 0 saturated carbocycles. The number of fused-ring (bicyclic) bond motifs is 3. The van der Waals surface area contributed by atoms with E-state index < -0.39 is 12.2 Å². The van der Waals surface area contributed by atoms with Gasteiger partial charge in [-0.2, -0.15) is 0 Å². The van der Waals surface area contributed by atoms with Crippen molar-refractivity contribution < 1.29 is 14.0 Å². The fraction of sp³-hybridized carbons (Fsp3) is 0.364. The summed E-state index contributed by atoms with van der Waals surface area (Å²) in [6, 6.07) is 12.7. The van der Waals surface area contributed by atoms with Crippen LogP contribution in [0.15, 0.2) is 48.5 Å². The molecule has 9 heteroatoms. The molecule has 7 nitrogen and oxygen atoms in total. The second-order valence-corrected chi connectivity index (χ2v) is 8.57. The van der Waals surface area contributed by atoms with Crippen LogP contribution in [0, 0.1) is 5.82 Å². The van der Waals surface area contributed by atoms with Gasteiger partial charge in [0, 0.05) is 30.8 Å². The van der Waals surface area contributed by atoms with Crippen LogP contribution in [0.2, 0.25) is 5.02 Å². The Morgan fingerprint density at radius 1 is 1.06 bits per heavy atom. The first kappa shape index (κ1) is 20.2. The summed E-state index contributed by atoms with van der Waals surface area (Å²) in [4.78, 5) is 33.7. The predicted octanol–water partition coefficient (Wildman–Crippen LogP) is 2.67. The third-order valence-corrected chi connectivity index (χ3v) is 6.53. The molecule has 3 aliphatic heterocycles. The molecular formula is C22H23ClFN5O2. The maximum absolute atomic E-state index is 13.5. The lowest BCUT2D eigenvalue weighted by molar-refractivity contribution is -0.139. The van der Waals surface area contributed by atoms with E-state index in [9.17, 15) is 14.0 Å². The number of nitrogens with zero attached hydrogens (tertiary/aromatic N) is 4. The highest BCUT2D eigenvalue weighted by atomic mass is 35.5. The van der Waals surface area contributed by atoms with E-state index >= 15 is 0 Å². The van der Waals surface area contributed by atoms with Crippen LogP contribution in [0.5, 0.6) is 0 Å². The Hall–Kier alpha value is -2.68. The van der Waals surface area contributed by atoms with Crippen LogP contribution in [0.1, 0.15) is 12.0 Å². The fourth-order valence-corrected chi connectivity index (χ4v) is 4.86. The highest BCUT2D eigenvalue weighted by molar-refractivity contribution is 6.30. The average Bonchev–Trinajstić information content (AvgIpc) is 3.17. The zero-order chi connectivity index (χ0) is 21.7. The van der Waals surface area contributed by atoms with Gasteiger partial charge in [0.1, 0.15) is 24.3 Å². The van der Waals surface area contributed by atoms with Crippen LogP contribution in [0.3, 0.4) is 0 Å². The van der Waals surface area contributed by atoms with Crippen LogP contribution in [-0.4, -0.2) is 65.3 Å². The van der Waals surface area contributed by atoms with Crippen molar-refractivity contribution in [2.24, 2.45) is 0 Å². The lowest BCUT2D eigenvalue weighted by Crippen LogP contribution is -2.66. The first-order chi connectivity index (χ1) is 14.9. The minimum absolute atomic E-state index is 0.116. The van der Waals surface area contributed by atoms with E-state index in [4.69, 9.17) is 11.6 Å². The average molecular weight is 444 g/mol. The van der Waals surface area contributed by atoms with E-state index in [1.54, 1.807) is 24.1 Å². The summed E-state index contributed by atoms with van der Waals surface area (Å²) in [6.45, 7) is 1.70. The van der Waals surface area contributed by atoms with Crippen LogP contribution < -0.4 is 10.2 Å². The molecule has 2 aromatic carbocycles. The van der Waals surface area contributed by atoms with Crippen molar-refractivity contribution in [1.29, 1.82) is 0 Å². The second kappa shape index (κ2) is 7.78. The van der Waals surface area contributed by atoms with Gasteiger partial charge in [-0.25, -0.2) is 9.18 Å². The summed E-state index contributed by atoms with van der Waals surface area (Å²) in [5, 5.41) is 4.16. The number of amides is 3. The monoisotopic (exact) mass is 443 g/mol. The van der Waals surface area contributed by atoms with Crippen molar-refractivity contribution in [2.45, 2.75) is 31.5 Å². The first-order valence-electron chi connectivity index (χ1n) is 10.3. The van der Waals surface area contributed by atoms with Gasteiger partial charge in [-0.05, 0) is 48.4 Å². The van der Waals surface area contributed by atoms with Crippen LogP contribution in [0.25, 0.3) is 0 Å². The van der Waals surface area contributed by atoms with Gasteiger partial charge in [-0.1, -0.05) is 23.7 Å². The molecule has 3 aliphatic rings. The summed E-state index contributed by atoms with van der Waals surface area (Å²) in [5.74, 6) is -0.582. The first-order valence-corrected chi connectivity index (χ1v) is 10.7. The lowest BCUT2D eigenvalue weighted by atomic mass is 10.1. The number of imide groups is 1. The molecule has 0 bridgehead atoms. The molecule has 0 aliphatic carbocycles. The van der Waals surface area contributed by atoms with E-state index in [-0.39, 0.29) is 30.6 Å². The molecule has 5 rings (SSSR count). The molecule has 162 valence electrons. The minimum Gasteiger partial charge on any atom is -0.343 e. The molecule has 3 atom stereocenters. The fourth-order valence-electron chi connectivity index (χ4n) is 4.73. The Labute approximate surface area is 185 Å². The highest BCUT2D eigenvalue weighted by Gasteiger charge is 2.56. The molecule has 31 heavy (non-hydrogen) atoms. The van der Waals surface area contributed by atoms with E-state index in [1.807, 2.05) is 24.3 Å². The number of hydrogen-bond donors (Lipinski definition) is 1. The lowest BCUT2D eigenvalue weighted by Gasteiger charge is -2.43. The zero-order valence-corrected chi connectivity index (χ0v) is 17.8. The third kappa shape index (κ3) is 3.44. The summed E-state index contributed by atoms with van der Waals surface area (Å²) >= 11 is 6.05.